The molecule has 0 unspecified atom stereocenters. The van der Waals surface area contributed by atoms with Gasteiger partial charge in [0.25, 0.3) is 0 Å². The molecule has 4 heteroatoms. The van der Waals surface area contributed by atoms with Gasteiger partial charge in [-0.25, -0.2) is 0 Å². The third-order valence-electron chi connectivity index (χ3n) is 3.85. The van der Waals surface area contributed by atoms with E-state index in [9.17, 15) is 4.79 Å². The fraction of sp³-hybridized carbons (Fsp3) is 0.643. The zero-order valence-electron chi connectivity index (χ0n) is 11.1. The highest BCUT2D eigenvalue weighted by Crippen LogP contribution is 2.35. The Morgan fingerprint density at radius 2 is 1.94 bits per heavy atom. The van der Waals surface area contributed by atoms with Crippen molar-refractivity contribution in [2.45, 2.75) is 26.7 Å². The van der Waals surface area contributed by atoms with Crippen molar-refractivity contribution in [1.82, 2.24) is 4.68 Å². The van der Waals surface area contributed by atoms with Crippen LogP contribution in [-0.4, -0.2) is 36.8 Å². The van der Waals surface area contributed by atoms with Crippen molar-refractivity contribution in [2.75, 3.05) is 31.3 Å². The molecule has 0 atom stereocenters. The Kier molecular flexibility index (Phi) is 2.70. The van der Waals surface area contributed by atoms with Crippen molar-refractivity contribution in [3.63, 3.8) is 0 Å². The van der Waals surface area contributed by atoms with Crippen LogP contribution in [0, 0.1) is 5.41 Å². The maximum atomic E-state index is 12.1. The first kappa shape index (κ1) is 11.8. The minimum Gasteiger partial charge on any atom is -0.378 e. The van der Waals surface area contributed by atoms with E-state index in [1.165, 1.54) is 5.69 Å². The van der Waals surface area contributed by atoms with Gasteiger partial charge in [-0.3, -0.25) is 9.47 Å². The molecule has 0 aromatic carbocycles. The van der Waals surface area contributed by atoms with Crippen molar-refractivity contribution in [2.24, 2.45) is 5.41 Å². The van der Waals surface area contributed by atoms with E-state index in [1.807, 2.05) is 12.3 Å². The summed E-state index contributed by atoms with van der Waals surface area (Å²) in [5.41, 5.74) is 2.17. The van der Waals surface area contributed by atoms with Crippen LogP contribution in [0.3, 0.4) is 0 Å². The topological polar surface area (TPSA) is 34.5 Å². The van der Waals surface area contributed by atoms with Gasteiger partial charge in [-0.05, 0) is 17.9 Å². The number of hydrogen-bond donors (Lipinski definition) is 0. The summed E-state index contributed by atoms with van der Waals surface area (Å²) in [5.74, 6) is 0.285. The van der Waals surface area contributed by atoms with Crippen LogP contribution in [0.15, 0.2) is 12.3 Å². The number of Topliss-reactive ketones (excluding diaryl/α,β-unsaturated/α-hetero) is 1. The molecule has 1 aliphatic carbocycles. The summed E-state index contributed by atoms with van der Waals surface area (Å²) in [6.07, 6.45) is 3.67. The molecule has 1 fully saturated rings. The normalized spacial score (nSPS) is 23.0. The summed E-state index contributed by atoms with van der Waals surface area (Å²) < 4.78 is 7.56. The average Bonchev–Trinajstić information content (AvgIpc) is 2.72. The largest absolute Gasteiger partial charge is 0.378 e. The molecule has 98 valence electrons. The van der Waals surface area contributed by atoms with Crippen LogP contribution in [0.5, 0.6) is 0 Å². The SMILES string of the molecule is CC1(C)CC(=O)c2ccn(N3CCOCC3)c2C1. The molecule has 2 heterocycles. The zero-order valence-corrected chi connectivity index (χ0v) is 11.1. The molecule has 4 nitrogen and oxygen atoms in total. The van der Waals surface area contributed by atoms with Crippen LogP contribution in [0.1, 0.15) is 36.3 Å². The Labute approximate surface area is 107 Å². The van der Waals surface area contributed by atoms with Crippen LogP contribution >= 0.6 is 0 Å². The fourth-order valence-electron chi connectivity index (χ4n) is 2.96. The third-order valence-corrected chi connectivity index (χ3v) is 3.85. The molecule has 1 aliphatic heterocycles. The number of aromatic nitrogens is 1. The first-order valence-corrected chi connectivity index (χ1v) is 6.63. The summed E-state index contributed by atoms with van der Waals surface area (Å²) in [6.45, 7) is 7.68. The zero-order chi connectivity index (χ0) is 12.8. The van der Waals surface area contributed by atoms with Crippen LogP contribution < -0.4 is 5.01 Å². The quantitative estimate of drug-likeness (QED) is 0.757. The summed E-state index contributed by atoms with van der Waals surface area (Å²) in [6, 6.07) is 1.97. The number of rotatable bonds is 1. The van der Waals surface area contributed by atoms with E-state index in [2.05, 4.69) is 23.5 Å². The van der Waals surface area contributed by atoms with Gasteiger partial charge in [-0.2, -0.15) is 0 Å². The second-order valence-corrected chi connectivity index (χ2v) is 6.03. The Morgan fingerprint density at radius 1 is 1.22 bits per heavy atom. The summed E-state index contributed by atoms with van der Waals surface area (Å²) in [7, 11) is 0. The van der Waals surface area contributed by atoms with Gasteiger partial charge >= 0.3 is 0 Å². The van der Waals surface area contributed by atoms with Crippen LogP contribution in [0.25, 0.3) is 0 Å². The van der Waals surface area contributed by atoms with Crippen LogP contribution in [0.4, 0.5) is 0 Å². The second-order valence-electron chi connectivity index (χ2n) is 6.03. The van der Waals surface area contributed by atoms with Crippen molar-refractivity contribution in [3.8, 4) is 0 Å². The number of morpholine rings is 1. The Morgan fingerprint density at radius 3 is 2.67 bits per heavy atom. The summed E-state index contributed by atoms with van der Waals surface area (Å²) >= 11 is 0. The number of hydrogen-bond acceptors (Lipinski definition) is 3. The van der Waals surface area contributed by atoms with E-state index in [4.69, 9.17) is 4.74 Å². The minimum atomic E-state index is 0.0759. The van der Waals surface area contributed by atoms with Gasteiger partial charge in [0, 0.05) is 18.2 Å². The lowest BCUT2D eigenvalue weighted by atomic mass is 9.76. The summed E-state index contributed by atoms with van der Waals surface area (Å²) in [5, 5.41) is 2.27. The highest BCUT2D eigenvalue weighted by atomic mass is 16.5. The van der Waals surface area contributed by atoms with Gasteiger partial charge in [0.1, 0.15) is 0 Å². The molecule has 0 amide bonds. The van der Waals surface area contributed by atoms with Gasteiger partial charge in [0.05, 0.1) is 32.0 Å². The van der Waals surface area contributed by atoms with Crippen LogP contribution in [-0.2, 0) is 11.2 Å². The molecule has 3 rings (SSSR count). The number of ketones is 1. The van der Waals surface area contributed by atoms with E-state index in [0.717, 1.165) is 38.3 Å². The van der Waals surface area contributed by atoms with E-state index < -0.39 is 0 Å². The van der Waals surface area contributed by atoms with Gasteiger partial charge in [0.2, 0.25) is 0 Å². The maximum Gasteiger partial charge on any atom is 0.165 e. The lowest BCUT2D eigenvalue weighted by Crippen LogP contribution is -2.45. The van der Waals surface area contributed by atoms with Crippen molar-refractivity contribution in [1.29, 1.82) is 0 Å². The highest BCUT2D eigenvalue weighted by molar-refractivity contribution is 5.98. The average molecular weight is 248 g/mol. The van der Waals surface area contributed by atoms with E-state index in [0.29, 0.717) is 6.42 Å². The molecule has 1 aromatic heterocycles. The van der Waals surface area contributed by atoms with Gasteiger partial charge in [0.15, 0.2) is 5.78 Å². The second kappa shape index (κ2) is 4.12. The number of ether oxygens (including phenoxy) is 1. The van der Waals surface area contributed by atoms with Gasteiger partial charge < -0.3 is 9.75 Å². The van der Waals surface area contributed by atoms with Gasteiger partial charge in [-0.1, -0.05) is 13.8 Å². The minimum absolute atomic E-state index is 0.0759. The predicted molar refractivity (Wildman–Crippen MR) is 69.6 cm³/mol. The third kappa shape index (κ3) is 1.94. The van der Waals surface area contributed by atoms with Crippen molar-refractivity contribution < 1.29 is 9.53 Å². The molecular weight excluding hydrogens is 228 g/mol. The van der Waals surface area contributed by atoms with E-state index in [1.54, 1.807) is 0 Å². The molecule has 0 spiro atoms. The van der Waals surface area contributed by atoms with Crippen LogP contribution in [0.2, 0.25) is 0 Å². The Hall–Kier alpha value is -1.29. The first-order chi connectivity index (χ1) is 8.57. The number of nitrogens with zero attached hydrogens (tertiary/aromatic N) is 2. The smallest absolute Gasteiger partial charge is 0.165 e. The molecular formula is C14H20N2O2. The van der Waals surface area contributed by atoms with Crippen molar-refractivity contribution >= 4 is 5.78 Å². The summed E-state index contributed by atoms with van der Waals surface area (Å²) in [4.78, 5) is 12.1. The molecule has 0 N–H and O–H groups in total. The molecule has 0 bridgehead atoms. The molecule has 18 heavy (non-hydrogen) atoms. The molecule has 1 aromatic rings. The Balaban J connectivity index is 1.96. The highest BCUT2D eigenvalue weighted by Gasteiger charge is 2.34. The van der Waals surface area contributed by atoms with Gasteiger partial charge in [-0.15, -0.1) is 0 Å². The standard InChI is InChI=1S/C14H20N2O2/c1-14(2)9-12-11(13(17)10-14)3-4-16(12)15-5-7-18-8-6-15/h3-4H,5-10H2,1-2H3. The maximum absolute atomic E-state index is 12.1. The Bertz CT molecular complexity index is 470. The molecule has 0 radical (unpaired) electrons. The lowest BCUT2D eigenvalue weighted by molar-refractivity contribution is 0.0906. The van der Waals surface area contributed by atoms with Crippen molar-refractivity contribution in [3.05, 3.63) is 23.5 Å². The predicted octanol–water partition coefficient (Wildman–Crippen LogP) is 1.61. The molecule has 1 saturated heterocycles. The van der Waals surface area contributed by atoms with E-state index in [-0.39, 0.29) is 11.2 Å². The number of fused-ring (bicyclic) bond motifs is 1. The van der Waals surface area contributed by atoms with E-state index >= 15 is 0 Å². The monoisotopic (exact) mass is 248 g/mol. The lowest BCUT2D eigenvalue weighted by Gasteiger charge is -2.35. The molecule has 0 saturated carbocycles. The molecule has 2 aliphatic rings. The number of carbonyl (C=O) groups is 1. The fourth-order valence-corrected chi connectivity index (χ4v) is 2.96. The first-order valence-electron chi connectivity index (χ1n) is 6.63. The number of carbonyl (C=O) groups excluding carboxylic acids is 1.